The summed E-state index contributed by atoms with van der Waals surface area (Å²) in [6.07, 6.45) is 5.82. The van der Waals surface area contributed by atoms with Crippen LogP contribution < -0.4 is 10.2 Å². The highest BCUT2D eigenvalue weighted by molar-refractivity contribution is 6.02. The van der Waals surface area contributed by atoms with Crippen LogP contribution in [0.1, 0.15) is 69.5 Å². The molecule has 0 aliphatic carbocycles. The second-order valence-electron chi connectivity index (χ2n) is 9.29. The molecule has 2 aromatic rings. The molecule has 1 saturated heterocycles. The summed E-state index contributed by atoms with van der Waals surface area (Å²) in [4.78, 5) is 30.1. The molecule has 31 heavy (non-hydrogen) atoms. The molecule has 0 spiro atoms. The van der Waals surface area contributed by atoms with E-state index in [0.717, 1.165) is 56.8 Å². The second kappa shape index (κ2) is 10.0. The van der Waals surface area contributed by atoms with E-state index in [1.807, 2.05) is 56.0 Å². The van der Waals surface area contributed by atoms with Gasteiger partial charge in [0.2, 0.25) is 5.91 Å². The minimum Gasteiger partial charge on any atom is -0.467 e. The standard InChI is InChI=1S/C25H35N3O3/c1-5-6-13-28(18-20-10-9-16-31-20)22-12-11-19(26-24(30)25(2,3)4)17-21(22)23(29)27-14-7-8-15-27/h9-12,16-17H,5-8,13-15,18H2,1-4H3,(H,26,30). The summed E-state index contributed by atoms with van der Waals surface area (Å²) in [6.45, 7) is 10.8. The molecule has 0 unspecified atom stereocenters. The van der Waals surface area contributed by atoms with Gasteiger partial charge < -0.3 is 19.5 Å². The van der Waals surface area contributed by atoms with Gasteiger partial charge in [-0.25, -0.2) is 0 Å². The number of hydrogen-bond donors (Lipinski definition) is 1. The number of carbonyl (C=O) groups is 2. The van der Waals surface area contributed by atoms with E-state index in [4.69, 9.17) is 4.42 Å². The molecule has 1 aliphatic rings. The first-order valence-electron chi connectivity index (χ1n) is 11.3. The molecule has 3 rings (SSSR count). The lowest BCUT2D eigenvalue weighted by Crippen LogP contribution is -2.32. The zero-order chi connectivity index (χ0) is 22.4. The maximum Gasteiger partial charge on any atom is 0.256 e. The average Bonchev–Trinajstić information content (AvgIpc) is 3.44. The van der Waals surface area contributed by atoms with Gasteiger partial charge in [0, 0.05) is 30.7 Å². The van der Waals surface area contributed by atoms with E-state index in [1.54, 1.807) is 6.26 Å². The fraction of sp³-hybridized carbons (Fsp3) is 0.520. The van der Waals surface area contributed by atoms with Crippen molar-refractivity contribution in [1.82, 2.24) is 4.90 Å². The lowest BCUT2D eigenvalue weighted by atomic mass is 9.95. The van der Waals surface area contributed by atoms with Gasteiger partial charge >= 0.3 is 0 Å². The largest absolute Gasteiger partial charge is 0.467 e. The highest BCUT2D eigenvalue weighted by Gasteiger charge is 2.26. The molecule has 0 atom stereocenters. The van der Waals surface area contributed by atoms with Crippen LogP contribution in [0.25, 0.3) is 0 Å². The fourth-order valence-corrected chi connectivity index (χ4v) is 3.69. The highest BCUT2D eigenvalue weighted by Crippen LogP contribution is 2.30. The molecule has 2 amide bonds. The SMILES string of the molecule is CCCCN(Cc1ccco1)c1ccc(NC(=O)C(C)(C)C)cc1C(=O)N1CCCC1. The number of carbonyl (C=O) groups excluding carboxylic acids is 2. The lowest BCUT2D eigenvalue weighted by Gasteiger charge is -2.28. The summed E-state index contributed by atoms with van der Waals surface area (Å²) in [7, 11) is 0. The van der Waals surface area contributed by atoms with Crippen molar-refractivity contribution >= 4 is 23.2 Å². The Morgan fingerprint density at radius 1 is 1.16 bits per heavy atom. The first-order chi connectivity index (χ1) is 14.8. The molecule has 0 radical (unpaired) electrons. The van der Waals surface area contributed by atoms with Gasteiger partial charge in [-0.3, -0.25) is 9.59 Å². The first kappa shape index (κ1) is 22.9. The zero-order valence-electron chi connectivity index (χ0n) is 19.2. The Morgan fingerprint density at radius 3 is 2.52 bits per heavy atom. The number of benzene rings is 1. The Hall–Kier alpha value is -2.76. The number of nitrogens with zero attached hydrogens (tertiary/aromatic N) is 2. The van der Waals surface area contributed by atoms with Crippen molar-refractivity contribution in [1.29, 1.82) is 0 Å². The number of rotatable bonds is 8. The minimum atomic E-state index is -0.510. The van der Waals surface area contributed by atoms with E-state index in [2.05, 4.69) is 17.1 Å². The van der Waals surface area contributed by atoms with E-state index >= 15 is 0 Å². The molecule has 6 nitrogen and oxygen atoms in total. The van der Waals surface area contributed by atoms with E-state index < -0.39 is 5.41 Å². The molecule has 1 N–H and O–H groups in total. The molecule has 2 heterocycles. The first-order valence-corrected chi connectivity index (χ1v) is 11.3. The Kier molecular flexibility index (Phi) is 7.42. The minimum absolute atomic E-state index is 0.0281. The summed E-state index contributed by atoms with van der Waals surface area (Å²) >= 11 is 0. The van der Waals surface area contributed by atoms with Crippen molar-refractivity contribution < 1.29 is 14.0 Å². The number of anilines is 2. The summed E-state index contributed by atoms with van der Waals surface area (Å²) in [5.74, 6) is 0.819. The van der Waals surface area contributed by atoms with E-state index in [-0.39, 0.29) is 11.8 Å². The molecule has 1 aliphatic heterocycles. The van der Waals surface area contributed by atoms with Gasteiger partial charge in [0.15, 0.2) is 0 Å². The number of nitrogens with one attached hydrogen (secondary N) is 1. The second-order valence-corrected chi connectivity index (χ2v) is 9.29. The van der Waals surface area contributed by atoms with E-state index in [0.29, 0.717) is 17.8 Å². The number of amides is 2. The molecule has 1 aromatic carbocycles. The normalized spacial score (nSPS) is 14.0. The van der Waals surface area contributed by atoms with Gasteiger partial charge in [0.05, 0.1) is 24.1 Å². The average molecular weight is 426 g/mol. The van der Waals surface area contributed by atoms with Gasteiger partial charge in [-0.1, -0.05) is 34.1 Å². The fourth-order valence-electron chi connectivity index (χ4n) is 3.69. The Labute approximate surface area is 185 Å². The van der Waals surface area contributed by atoms with Crippen LogP contribution in [0.15, 0.2) is 41.0 Å². The van der Waals surface area contributed by atoms with Gasteiger partial charge in [0.25, 0.3) is 5.91 Å². The van der Waals surface area contributed by atoms with Crippen molar-refractivity contribution in [3.05, 3.63) is 47.9 Å². The van der Waals surface area contributed by atoms with E-state index in [9.17, 15) is 9.59 Å². The molecule has 6 heteroatoms. The predicted octanol–water partition coefficient (Wildman–Crippen LogP) is 5.31. The van der Waals surface area contributed by atoms with Crippen LogP contribution in [0, 0.1) is 5.41 Å². The summed E-state index contributed by atoms with van der Waals surface area (Å²) in [5.41, 5.74) is 1.66. The lowest BCUT2D eigenvalue weighted by molar-refractivity contribution is -0.123. The Bertz CT molecular complexity index is 878. The van der Waals surface area contributed by atoms with Crippen molar-refractivity contribution in [2.75, 3.05) is 29.9 Å². The predicted molar refractivity (Wildman–Crippen MR) is 124 cm³/mol. The quantitative estimate of drug-likeness (QED) is 0.623. The van der Waals surface area contributed by atoms with Crippen LogP contribution in [0.2, 0.25) is 0 Å². The van der Waals surface area contributed by atoms with Gasteiger partial charge in [0.1, 0.15) is 5.76 Å². The summed E-state index contributed by atoms with van der Waals surface area (Å²) in [5, 5.41) is 2.98. The van der Waals surface area contributed by atoms with Crippen LogP contribution in [-0.2, 0) is 11.3 Å². The Balaban J connectivity index is 1.97. The molecule has 0 saturated carbocycles. The number of furan rings is 1. The van der Waals surface area contributed by atoms with Crippen LogP contribution in [0.4, 0.5) is 11.4 Å². The Morgan fingerprint density at radius 2 is 1.90 bits per heavy atom. The molecular formula is C25H35N3O3. The van der Waals surface area contributed by atoms with Crippen LogP contribution in [0.3, 0.4) is 0 Å². The monoisotopic (exact) mass is 425 g/mol. The third kappa shape index (κ3) is 5.90. The van der Waals surface area contributed by atoms with E-state index in [1.165, 1.54) is 0 Å². The molecule has 1 aromatic heterocycles. The number of likely N-dealkylation sites (tertiary alicyclic amines) is 1. The third-order valence-corrected chi connectivity index (χ3v) is 5.61. The highest BCUT2D eigenvalue weighted by atomic mass is 16.3. The number of hydrogen-bond acceptors (Lipinski definition) is 4. The van der Waals surface area contributed by atoms with Gasteiger partial charge in [-0.2, -0.15) is 0 Å². The van der Waals surface area contributed by atoms with Crippen molar-refractivity contribution in [2.45, 2.75) is 59.9 Å². The zero-order valence-corrected chi connectivity index (χ0v) is 19.2. The third-order valence-electron chi connectivity index (χ3n) is 5.61. The van der Waals surface area contributed by atoms with Gasteiger partial charge in [-0.15, -0.1) is 0 Å². The number of unbranched alkanes of at least 4 members (excludes halogenated alkanes) is 1. The molecular weight excluding hydrogens is 390 g/mol. The summed E-state index contributed by atoms with van der Waals surface area (Å²) in [6, 6.07) is 9.52. The molecule has 1 fully saturated rings. The van der Waals surface area contributed by atoms with Crippen molar-refractivity contribution in [3.63, 3.8) is 0 Å². The van der Waals surface area contributed by atoms with Crippen LogP contribution in [-0.4, -0.2) is 36.3 Å². The van der Waals surface area contributed by atoms with Crippen LogP contribution in [0.5, 0.6) is 0 Å². The molecule has 168 valence electrons. The smallest absolute Gasteiger partial charge is 0.256 e. The topological polar surface area (TPSA) is 65.8 Å². The maximum absolute atomic E-state index is 13.4. The van der Waals surface area contributed by atoms with Crippen molar-refractivity contribution in [2.24, 2.45) is 5.41 Å². The summed E-state index contributed by atoms with van der Waals surface area (Å²) < 4.78 is 5.59. The molecule has 0 bridgehead atoms. The van der Waals surface area contributed by atoms with Crippen LogP contribution >= 0.6 is 0 Å². The maximum atomic E-state index is 13.4. The van der Waals surface area contributed by atoms with Gasteiger partial charge in [-0.05, 0) is 49.6 Å². The van der Waals surface area contributed by atoms with Crippen molar-refractivity contribution in [3.8, 4) is 0 Å².